The fourth-order valence-corrected chi connectivity index (χ4v) is 2.64. The fourth-order valence-electron chi connectivity index (χ4n) is 2.24. The van der Waals surface area contributed by atoms with Gasteiger partial charge in [-0.2, -0.15) is 0 Å². The Balaban J connectivity index is 2.07. The Morgan fingerprint density at radius 3 is 2.62 bits per heavy atom. The summed E-state index contributed by atoms with van der Waals surface area (Å²) in [7, 11) is 0. The molecule has 3 heteroatoms. The van der Waals surface area contributed by atoms with E-state index >= 15 is 0 Å². The molecule has 2 rings (SSSR count). The van der Waals surface area contributed by atoms with E-state index < -0.39 is 0 Å². The zero-order valence-electron chi connectivity index (χ0n) is 9.50. The second-order valence-corrected chi connectivity index (χ2v) is 6.07. The lowest BCUT2D eigenvalue weighted by Gasteiger charge is -2.13. The first-order valence-corrected chi connectivity index (χ1v) is 6.28. The highest BCUT2D eigenvalue weighted by Gasteiger charge is 2.49. The predicted octanol–water partition coefficient (Wildman–Crippen LogP) is 3.94. The summed E-state index contributed by atoms with van der Waals surface area (Å²) in [4.78, 5) is 0. The van der Waals surface area contributed by atoms with Crippen molar-refractivity contribution in [1.29, 1.82) is 0 Å². The summed E-state index contributed by atoms with van der Waals surface area (Å²) >= 11 is 12.0. The van der Waals surface area contributed by atoms with Gasteiger partial charge in [-0.3, -0.25) is 0 Å². The lowest BCUT2D eigenvalue weighted by molar-refractivity contribution is 0.137. The molecule has 0 amide bonds. The minimum absolute atomic E-state index is 0.282. The highest BCUT2D eigenvalue weighted by Crippen LogP contribution is 2.54. The molecule has 16 heavy (non-hydrogen) atoms. The molecule has 0 saturated heterocycles. The van der Waals surface area contributed by atoms with Crippen LogP contribution in [0.2, 0.25) is 10.0 Å². The van der Waals surface area contributed by atoms with Crippen LogP contribution in [0.15, 0.2) is 18.2 Å². The summed E-state index contributed by atoms with van der Waals surface area (Å²) in [5.41, 5.74) is 1.22. The van der Waals surface area contributed by atoms with Gasteiger partial charge < -0.3 is 5.11 Å². The third-order valence-electron chi connectivity index (χ3n) is 3.51. The van der Waals surface area contributed by atoms with Crippen molar-refractivity contribution >= 4 is 23.2 Å². The van der Waals surface area contributed by atoms with Crippen molar-refractivity contribution in [1.82, 2.24) is 0 Å². The molecule has 88 valence electrons. The summed E-state index contributed by atoms with van der Waals surface area (Å²) in [6.45, 7) is 4.36. The molecule has 0 spiro atoms. The monoisotopic (exact) mass is 258 g/mol. The van der Waals surface area contributed by atoms with E-state index in [2.05, 4.69) is 13.8 Å². The van der Waals surface area contributed by atoms with Crippen molar-refractivity contribution in [3.63, 3.8) is 0 Å². The van der Waals surface area contributed by atoms with Crippen LogP contribution in [-0.4, -0.2) is 11.2 Å². The van der Waals surface area contributed by atoms with E-state index in [0.717, 1.165) is 12.0 Å². The SMILES string of the molecule is CC1(C)CC1C(O)Cc1cccc(Cl)c1Cl. The van der Waals surface area contributed by atoms with Gasteiger partial charge in [0.2, 0.25) is 0 Å². The van der Waals surface area contributed by atoms with E-state index in [4.69, 9.17) is 23.2 Å². The van der Waals surface area contributed by atoms with Gasteiger partial charge in [0.1, 0.15) is 0 Å². The summed E-state index contributed by atoms with van der Waals surface area (Å²) in [5.74, 6) is 0.391. The average molecular weight is 259 g/mol. The zero-order valence-corrected chi connectivity index (χ0v) is 11.0. The summed E-state index contributed by atoms with van der Waals surface area (Å²) in [6, 6.07) is 5.56. The number of benzene rings is 1. The van der Waals surface area contributed by atoms with Crippen LogP contribution < -0.4 is 0 Å². The second kappa shape index (κ2) is 4.21. The summed E-state index contributed by atoms with van der Waals surface area (Å²) in [5, 5.41) is 11.2. The Hall–Kier alpha value is -0.240. The molecule has 0 heterocycles. The molecular weight excluding hydrogens is 243 g/mol. The third-order valence-corrected chi connectivity index (χ3v) is 4.37. The van der Waals surface area contributed by atoms with E-state index in [1.807, 2.05) is 12.1 Å². The average Bonchev–Trinajstić information content (AvgIpc) is 2.83. The summed E-state index contributed by atoms with van der Waals surface area (Å²) < 4.78 is 0. The third kappa shape index (κ3) is 2.37. The van der Waals surface area contributed by atoms with Gasteiger partial charge in [-0.1, -0.05) is 49.2 Å². The van der Waals surface area contributed by atoms with Crippen LogP contribution in [0.25, 0.3) is 0 Å². The molecule has 0 aliphatic heterocycles. The lowest BCUT2D eigenvalue weighted by atomic mass is 10.00. The van der Waals surface area contributed by atoms with Crippen LogP contribution in [0.3, 0.4) is 0 Å². The minimum Gasteiger partial charge on any atom is -0.392 e. The maximum atomic E-state index is 10.1. The molecule has 1 N–H and O–H groups in total. The second-order valence-electron chi connectivity index (χ2n) is 5.28. The topological polar surface area (TPSA) is 20.2 Å². The van der Waals surface area contributed by atoms with Crippen LogP contribution in [0.5, 0.6) is 0 Å². The molecule has 2 atom stereocenters. The van der Waals surface area contributed by atoms with Crippen molar-refractivity contribution in [3.05, 3.63) is 33.8 Å². The first-order valence-electron chi connectivity index (χ1n) is 5.53. The molecule has 1 saturated carbocycles. The molecular formula is C13H16Cl2O. The number of hydrogen-bond donors (Lipinski definition) is 1. The quantitative estimate of drug-likeness (QED) is 0.871. The zero-order chi connectivity index (χ0) is 11.9. The number of rotatable bonds is 3. The minimum atomic E-state index is -0.314. The van der Waals surface area contributed by atoms with Crippen LogP contribution >= 0.6 is 23.2 Å². The smallest absolute Gasteiger partial charge is 0.0625 e. The Labute approximate surface area is 106 Å². The molecule has 0 radical (unpaired) electrons. The van der Waals surface area contributed by atoms with Gasteiger partial charge in [-0.15, -0.1) is 0 Å². The Morgan fingerprint density at radius 1 is 1.44 bits per heavy atom. The number of hydrogen-bond acceptors (Lipinski definition) is 1. The van der Waals surface area contributed by atoms with Crippen molar-refractivity contribution in [2.24, 2.45) is 11.3 Å². The van der Waals surface area contributed by atoms with Crippen molar-refractivity contribution in [2.45, 2.75) is 32.8 Å². The highest BCUT2D eigenvalue weighted by atomic mass is 35.5. The van der Waals surface area contributed by atoms with Gasteiger partial charge in [0.15, 0.2) is 0 Å². The van der Waals surface area contributed by atoms with E-state index in [1.165, 1.54) is 0 Å². The molecule has 2 unspecified atom stereocenters. The predicted molar refractivity (Wildman–Crippen MR) is 68.1 cm³/mol. The van der Waals surface area contributed by atoms with E-state index in [1.54, 1.807) is 6.07 Å². The first-order chi connectivity index (χ1) is 7.42. The van der Waals surface area contributed by atoms with Crippen LogP contribution in [0.1, 0.15) is 25.8 Å². The van der Waals surface area contributed by atoms with Gasteiger partial charge in [0, 0.05) is 6.42 Å². The maximum Gasteiger partial charge on any atom is 0.0625 e. The molecule has 1 aliphatic carbocycles. The van der Waals surface area contributed by atoms with Gasteiger partial charge in [-0.25, -0.2) is 0 Å². The summed E-state index contributed by atoms with van der Waals surface area (Å²) in [6.07, 6.45) is 1.37. The van der Waals surface area contributed by atoms with Crippen LogP contribution in [0.4, 0.5) is 0 Å². The standard InChI is InChI=1S/C13H16Cl2O/c1-13(2)7-9(13)11(16)6-8-4-3-5-10(14)12(8)15/h3-5,9,11,16H,6-7H2,1-2H3. The Bertz CT molecular complexity index is 401. The van der Waals surface area contributed by atoms with Crippen molar-refractivity contribution in [3.8, 4) is 0 Å². The normalized spacial score (nSPS) is 24.2. The van der Waals surface area contributed by atoms with Gasteiger partial charge in [0.25, 0.3) is 0 Å². The molecule has 1 aliphatic rings. The van der Waals surface area contributed by atoms with E-state index in [-0.39, 0.29) is 11.5 Å². The molecule has 1 aromatic carbocycles. The lowest BCUT2D eigenvalue weighted by Crippen LogP contribution is -2.16. The van der Waals surface area contributed by atoms with Gasteiger partial charge >= 0.3 is 0 Å². The Kier molecular flexibility index (Phi) is 3.22. The van der Waals surface area contributed by atoms with Crippen LogP contribution in [-0.2, 0) is 6.42 Å². The molecule has 1 nitrogen and oxygen atoms in total. The van der Waals surface area contributed by atoms with E-state index in [9.17, 15) is 5.11 Å². The van der Waals surface area contributed by atoms with Crippen LogP contribution in [0, 0.1) is 11.3 Å². The molecule has 0 bridgehead atoms. The Morgan fingerprint density at radius 2 is 2.06 bits per heavy atom. The number of aliphatic hydroxyl groups is 1. The van der Waals surface area contributed by atoms with Crippen molar-refractivity contribution < 1.29 is 5.11 Å². The fraction of sp³-hybridized carbons (Fsp3) is 0.538. The molecule has 1 fully saturated rings. The van der Waals surface area contributed by atoms with E-state index in [0.29, 0.717) is 22.4 Å². The maximum absolute atomic E-state index is 10.1. The number of halogens is 2. The highest BCUT2D eigenvalue weighted by molar-refractivity contribution is 6.42. The van der Waals surface area contributed by atoms with Gasteiger partial charge in [-0.05, 0) is 29.4 Å². The number of aliphatic hydroxyl groups excluding tert-OH is 1. The molecule has 0 aromatic heterocycles. The first kappa shape index (κ1) is 12.2. The van der Waals surface area contributed by atoms with Crippen molar-refractivity contribution in [2.75, 3.05) is 0 Å². The largest absolute Gasteiger partial charge is 0.392 e. The van der Waals surface area contributed by atoms with Gasteiger partial charge in [0.05, 0.1) is 16.1 Å². The molecule has 1 aromatic rings.